The minimum atomic E-state index is -0.641. The molecule has 0 fully saturated rings. The number of nitro groups is 1. The smallest absolute Gasteiger partial charge is 0.271 e. The highest BCUT2D eigenvalue weighted by molar-refractivity contribution is 6.11. The molecule has 4 aromatic carbocycles. The molecule has 9 heteroatoms. The number of hydrogen-bond donors (Lipinski definition) is 3. The van der Waals surface area contributed by atoms with Crippen molar-refractivity contribution in [3.8, 4) is 5.75 Å². The standard InChI is InChI=1S/C23H17N5O4/c24-15-8-10-16(11-9-15)26-27-21-19-7-2-1-4-14(19)12-20(22(21)29)23(30)25-17-5-3-6-18(13-17)28(31)32/h1-13,29H,24H2,(H,25,30). The number of nitrogens with zero attached hydrogens (tertiary/aromatic N) is 3. The fourth-order valence-corrected chi connectivity index (χ4v) is 3.14. The lowest BCUT2D eigenvalue weighted by molar-refractivity contribution is -0.384. The van der Waals surface area contributed by atoms with Crippen molar-refractivity contribution >= 4 is 45.1 Å². The van der Waals surface area contributed by atoms with Gasteiger partial charge in [-0.25, -0.2) is 0 Å². The second-order valence-electron chi connectivity index (χ2n) is 6.90. The van der Waals surface area contributed by atoms with E-state index in [4.69, 9.17) is 5.73 Å². The highest BCUT2D eigenvalue weighted by atomic mass is 16.6. The number of phenolic OH excluding ortho intramolecular Hbond substituents is 1. The number of nitrogens with one attached hydrogen (secondary N) is 1. The number of amides is 1. The summed E-state index contributed by atoms with van der Waals surface area (Å²) >= 11 is 0. The van der Waals surface area contributed by atoms with Crippen molar-refractivity contribution in [2.75, 3.05) is 11.1 Å². The number of aromatic hydroxyl groups is 1. The number of fused-ring (bicyclic) bond motifs is 1. The number of nitrogen functional groups attached to an aromatic ring is 1. The molecule has 0 bridgehead atoms. The Morgan fingerprint density at radius 1 is 0.969 bits per heavy atom. The first-order valence-electron chi connectivity index (χ1n) is 9.50. The zero-order valence-electron chi connectivity index (χ0n) is 16.6. The van der Waals surface area contributed by atoms with Gasteiger partial charge in [0.2, 0.25) is 0 Å². The summed E-state index contributed by atoms with van der Waals surface area (Å²) in [6, 6.07) is 20.9. The molecule has 4 aromatic rings. The largest absolute Gasteiger partial charge is 0.505 e. The summed E-state index contributed by atoms with van der Waals surface area (Å²) < 4.78 is 0. The van der Waals surface area contributed by atoms with Gasteiger partial charge in [0.05, 0.1) is 16.2 Å². The first-order chi connectivity index (χ1) is 15.4. The summed E-state index contributed by atoms with van der Waals surface area (Å²) in [5.41, 5.74) is 6.93. The van der Waals surface area contributed by atoms with Gasteiger partial charge in [0.1, 0.15) is 5.69 Å². The van der Waals surface area contributed by atoms with E-state index in [1.54, 1.807) is 48.5 Å². The van der Waals surface area contributed by atoms with Crippen LogP contribution in [-0.4, -0.2) is 15.9 Å². The molecule has 0 aliphatic carbocycles. The van der Waals surface area contributed by atoms with E-state index in [-0.39, 0.29) is 28.4 Å². The fourth-order valence-electron chi connectivity index (χ4n) is 3.14. The molecule has 0 aromatic heterocycles. The summed E-state index contributed by atoms with van der Waals surface area (Å²) in [7, 11) is 0. The van der Waals surface area contributed by atoms with Crippen LogP contribution < -0.4 is 11.1 Å². The third-order valence-electron chi connectivity index (χ3n) is 4.71. The van der Waals surface area contributed by atoms with E-state index < -0.39 is 10.8 Å². The van der Waals surface area contributed by atoms with Gasteiger partial charge in [-0.15, -0.1) is 5.11 Å². The number of rotatable bonds is 5. The summed E-state index contributed by atoms with van der Waals surface area (Å²) in [6.07, 6.45) is 0. The van der Waals surface area contributed by atoms with Gasteiger partial charge in [-0.2, -0.15) is 5.11 Å². The number of anilines is 2. The molecule has 0 radical (unpaired) electrons. The topological polar surface area (TPSA) is 143 Å². The maximum absolute atomic E-state index is 12.9. The minimum Gasteiger partial charge on any atom is -0.505 e. The maximum atomic E-state index is 12.9. The molecule has 0 atom stereocenters. The SMILES string of the molecule is Nc1ccc(N=Nc2c(O)c(C(=O)Nc3cccc([N+](=O)[O-])c3)cc3ccccc23)cc1. The summed E-state index contributed by atoms with van der Waals surface area (Å²) in [6.45, 7) is 0. The van der Waals surface area contributed by atoms with E-state index in [0.29, 0.717) is 22.1 Å². The van der Waals surface area contributed by atoms with Crippen molar-refractivity contribution in [1.82, 2.24) is 0 Å². The number of carbonyl (C=O) groups is 1. The molecule has 4 N–H and O–H groups in total. The average molecular weight is 427 g/mol. The predicted octanol–water partition coefficient (Wildman–Crippen LogP) is 5.70. The maximum Gasteiger partial charge on any atom is 0.271 e. The Morgan fingerprint density at radius 2 is 1.72 bits per heavy atom. The van der Waals surface area contributed by atoms with Crippen LogP contribution in [0.15, 0.2) is 89.1 Å². The van der Waals surface area contributed by atoms with Gasteiger partial charge in [-0.3, -0.25) is 14.9 Å². The van der Waals surface area contributed by atoms with Crippen molar-refractivity contribution in [3.05, 3.63) is 94.5 Å². The molecule has 0 heterocycles. The molecule has 0 aliphatic rings. The van der Waals surface area contributed by atoms with Crippen LogP contribution in [-0.2, 0) is 0 Å². The number of carbonyl (C=O) groups excluding carboxylic acids is 1. The molecule has 0 unspecified atom stereocenters. The number of phenols is 1. The fraction of sp³-hybridized carbons (Fsp3) is 0. The Morgan fingerprint density at radius 3 is 2.47 bits per heavy atom. The van der Waals surface area contributed by atoms with Gasteiger partial charge in [-0.1, -0.05) is 30.3 Å². The number of non-ortho nitro benzene ring substituents is 1. The molecular formula is C23H17N5O4. The third-order valence-corrected chi connectivity index (χ3v) is 4.71. The highest BCUT2D eigenvalue weighted by Gasteiger charge is 2.19. The van der Waals surface area contributed by atoms with Crippen LogP contribution in [0.2, 0.25) is 0 Å². The molecule has 1 amide bonds. The van der Waals surface area contributed by atoms with Crippen molar-refractivity contribution in [2.45, 2.75) is 0 Å². The van der Waals surface area contributed by atoms with Crippen LogP contribution in [0, 0.1) is 10.1 Å². The van der Waals surface area contributed by atoms with Crippen molar-refractivity contribution in [2.24, 2.45) is 10.2 Å². The van der Waals surface area contributed by atoms with Crippen LogP contribution >= 0.6 is 0 Å². The van der Waals surface area contributed by atoms with E-state index in [1.165, 1.54) is 30.3 Å². The number of nitro benzene ring substituents is 1. The van der Waals surface area contributed by atoms with Gasteiger partial charge < -0.3 is 16.2 Å². The van der Waals surface area contributed by atoms with Crippen molar-refractivity contribution in [1.29, 1.82) is 0 Å². The van der Waals surface area contributed by atoms with Crippen molar-refractivity contribution < 1.29 is 14.8 Å². The Hall–Kier alpha value is -4.79. The van der Waals surface area contributed by atoms with Gasteiger partial charge >= 0.3 is 0 Å². The number of nitrogens with two attached hydrogens (primary N) is 1. The monoisotopic (exact) mass is 427 g/mol. The van der Waals surface area contributed by atoms with Crippen LogP contribution in [0.4, 0.5) is 28.4 Å². The minimum absolute atomic E-state index is 0.0403. The van der Waals surface area contributed by atoms with Crippen molar-refractivity contribution in [3.63, 3.8) is 0 Å². The first kappa shape index (κ1) is 20.5. The number of azo groups is 1. The normalized spacial score (nSPS) is 11.0. The van der Waals surface area contributed by atoms with Crippen LogP contribution in [0.1, 0.15) is 10.4 Å². The summed E-state index contributed by atoms with van der Waals surface area (Å²) in [4.78, 5) is 23.3. The van der Waals surface area contributed by atoms with Gasteiger partial charge in [0, 0.05) is 28.9 Å². The molecule has 0 saturated carbocycles. The second kappa shape index (κ2) is 8.52. The lowest BCUT2D eigenvalue weighted by atomic mass is 10.0. The summed E-state index contributed by atoms with van der Waals surface area (Å²) in [5.74, 6) is -0.997. The Bertz CT molecular complexity index is 1370. The lowest BCUT2D eigenvalue weighted by Crippen LogP contribution is -2.12. The molecule has 0 saturated heterocycles. The molecular weight excluding hydrogens is 410 g/mol. The Labute approximate surface area is 182 Å². The molecule has 4 rings (SSSR count). The van der Waals surface area contributed by atoms with Gasteiger partial charge in [0.15, 0.2) is 5.75 Å². The molecule has 32 heavy (non-hydrogen) atoms. The molecule has 9 nitrogen and oxygen atoms in total. The predicted molar refractivity (Wildman–Crippen MR) is 122 cm³/mol. The van der Waals surface area contributed by atoms with Gasteiger partial charge in [-0.05, 0) is 41.8 Å². The Kier molecular flexibility index (Phi) is 5.45. The zero-order chi connectivity index (χ0) is 22.7. The molecule has 0 spiro atoms. The quantitative estimate of drug-likeness (QED) is 0.162. The third kappa shape index (κ3) is 4.21. The second-order valence-corrected chi connectivity index (χ2v) is 6.90. The average Bonchev–Trinajstić information content (AvgIpc) is 2.79. The first-order valence-corrected chi connectivity index (χ1v) is 9.50. The van der Waals surface area contributed by atoms with E-state index in [9.17, 15) is 20.0 Å². The highest BCUT2D eigenvalue weighted by Crippen LogP contribution is 2.39. The van der Waals surface area contributed by atoms with Crippen LogP contribution in [0.25, 0.3) is 10.8 Å². The zero-order valence-corrected chi connectivity index (χ0v) is 16.6. The molecule has 158 valence electrons. The van der Waals surface area contributed by atoms with E-state index in [1.807, 2.05) is 0 Å². The molecule has 0 aliphatic heterocycles. The van der Waals surface area contributed by atoms with E-state index in [0.717, 1.165) is 0 Å². The van der Waals surface area contributed by atoms with Crippen LogP contribution in [0.3, 0.4) is 0 Å². The number of benzene rings is 4. The van der Waals surface area contributed by atoms with Crippen LogP contribution in [0.5, 0.6) is 5.75 Å². The lowest BCUT2D eigenvalue weighted by Gasteiger charge is -2.11. The van der Waals surface area contributed by atoms with Gasteiger partial charge in [0.25, 0.3) is 11.6 Å². The number of hydrogen-bond acceptors (Lipinski definition) is 7. The summed E-state index contributed by atoms with van der Waals surface area (Å²) in [5, 5.41) is 34.0. The Balaban J connectivity index is 1.74. The van der Waals surface area contributed by atoms with E-state index >= 15 is 0 Å². The van der Waals surface area contributed by atoms with E-state index in [2.05, 4.69) is 15.5 Å².